The molecule has 0 saturated carbocycles. The molecule has 0 spiro atoms. The third-order valence-electron chi connectivity index (χ3n) is 7.98. The molecule has 1 aromatic rings. The number of ether oxygens (including phenoxy) is 1. The fourth-order valence-electron chi connectivity index (χ4n) is 7.50. The van der Waals surface area contributed by atoms with Gasteiger partial charge < -0.3 is 9.64 Å². The Hall–Kier alpha value is -2.10. The summed E-state index contributed by atoms with van der Waals surface area (Å²) in [6.45, 7) is 32.0. The molecule has 0 unspecified atom stereocenters. The normalized spacial score (nSPS) is 26.4. The molecule has 3 rings (SSSR count). The first-order valence-electron chi connectivity index (χ1n) is 14.2. The minimum absolute atomic E-state index is 0.0928. The van der Waals surface area contributed by atoms with Crippen LogP contribution in [0, 0.1) is 27.1 Å². The van der Waals surface area contributed by atoms with Gasteiger partial charge in [-0.1, -0.05) is 113 Å². The Bertz CT molecular complexity index is 1130. The largest absolute Gasteiger partial charge is 0.459 e. The molecule has 0 N–H and O–H groups in total. The van der Waals surface area contributed by atoms with Crippen LogP contribution < -0.4 is 0 Å². The van der Waals surface area contributed by atoms with Crippen LogP contribution in [-0.4, -0.2) is 27.9 Å². The maximum Gasteiger partial charge on any atom is 0.322 e. The van der Waals surface area contributed by atoms with Gasteiger partial charge in [0, 0.05) is 6.42 Å². The third-order valence-corrected chi connectivity index (χ3v) is 7.98. The fraction of sp³-hybridized carbons (Fsp3) is 0.706. The standard InChI is InChI=1S/C34H53NO3/c1-28(2,3)21-23(36)35-26(22-19-17-16-18-20-22)33(27(37)38-32(13,14)15)24(29(4,5)6)25(30(7,8)9)34(33,35)31(10,11)12/h16-20,26H,21H2,1-15H3/t26-,33+,34-/m0/s1. The van der Waals surface area contributed by atoms with Crippen LogP contribution >= 0.6 is 0 Å². The fourth-order valence-corrected chi connectivity index (χ4v) is 7.50. The summed E-state index contributed by atoms with van der Waals surface area (Å²) in [5, 5.41) is 0. The van der Waals surface area contributed by atoms with E-state index in [2.05, 4.69) is 100 Å². The second-order valence-corrected chi connectivity index (χ2v) is 16.8. The lowest BCUT2D eigenvalue weighted by Crippen LogP contribution is -2.91. The van der Waals surface area contributed by atoms with E-state index in [4.69, 9.17) is 4.74 Å². The van der Waals surface area contributed by atoms with Crippen molar-refractivity contribution in [2.45, 2.75) is 127 Å². The zero-order valence-corrected chi connectivity index (χ0v) is 26.8. The van der Waals surface area contributed by atoms with E-state index >= 15 is 0 Å². The van der Waals surface area contributed by atoms with Gasteiger partial charge in [0.15, 0.2) is 0 Å². The highest BCUT2D eigenvalue weighted by atomic mass is 16.6. The van der Waals surface area contributed by atoms with Crippen molar-refractivity contribution >= 4 is 11.9 Å². The number of esters is 1. The molecule has 0 aromatic heterocycles. The molecular formula is C34H53NO3. The monoisotopic (exact) mass is 523 g/mol. The molecule has 3 atom stereocenters. The molecule has 1 amide bonds. The molecule has 1 fully saturated rings. The molecule has 1 heterocycles. The second-order valence-electron chi connectivity index (χ2n) is 16.8. The summed E-state index contributed by atoms with van der Waals surface area (Å²) in [7, 11) is 0. The molecule has 1 aromatic carbocycles. The Morgan fingerprint density at radius 3 is 1.61 bits per heavy atom. The van der Waals surface area contributed by atoms with Crippen molar-refractivity contribution in [1.29, 1.82) is 0 Å². The zero-order valence-electron chi connectivity index (χ0n) is 26.8. The van der Waals surface area contributed by atoms with E-state index in [1.165, 1.54) is 5.57 Å². The van der Waals surface area contributed by atoms with E-state index in [1.54, 1.807) is 0 Å². The summed E-state index contributed by atoms with van der Waals surface area (Å²) in [5.74, 6) is -0.123. The second kappa shape index (κ2) is 8.70. The Balaban J connectivity index is 2.57. The molecule has 1 aliphatic carbocycles. The zero-order chi connectivity index (χ0) is 29.5. The van der Waals surface area contributed by atoms with Crippen LogP contribution in [0.2, 0.25) is 0 Å². The van der Waals surface area contributed by atoms with Crippen molar-refractivity contribution in [3.63, 3.8) is 0 Å². The number of nitrogens with zero attached hydrogens (tertiary/aromatic N) is 1. The van der Waals surface area contributed by atoms with Crippen LogP contribution in [0.5, 0.6) is 0 Å². The molecule has 4 nitrogen and oxygen atoms in total. The van der Waals surface area contributed by atoms with Gasteiger partial charge in [0.2, 0.25) is 5.91 Å². The smallest absolute Gasteiger partial charge is 0.322 e. The van der Waals surface area contributed by atoms with Gasteiger partial charge in [0.1, 0.15) is 11.0 Å². The van der Waals surface area contributed by atoms with Crippen molar-refractivity contribution in [3.05, 3.63) is 47.0 Å². The van der Waals surface area contributed by atoms with Gasteiger partial charge >= 0.3 is 5.97 Å². The third kappa shape index (κ3) is 4.34. The summed E-state index contributed by atoms with van der Waals surface area (Å²) in [6, 6.07) is 9.69. The maximum atomic E-state index is 14.8. The van der Waals surface area contributed by atoms with Crippen LogP contribution in [0.15, 0.2) is 41.5 Å². The van der Waals surface area contributed by atoms with E-state index in [-0.39, 0.29) is 28.1 Å². The average Bonchev–Trinajstić information content (AvgIpc) is 2.62. The highest BCUT2D eigenvalue weighted by Crippen LogP contribution is 2.83. The van der Waals surface area contributed by atoms with E-state index in [9.17, 15) is 9.59 Å². The number of amides is 1. The molecule has 2 aliphatic rings. The van der Waals surface area contributed by atoms with Gasteiger partial charge in [-0.25, -0.2) is 0 Å². The number of carbonyl (C=O) groups is 2. The highest BCUT2D eigenvalue weighted by Gasteiger charge is 2.89. The first-order chi connectivity index (χ1) is 16.8. The molecule has 38 heavy (non-hydrogen) atoms. The van der Waals surface area contributed by atoms with E-state index in [1.807, 2.05) is 39.0 Å². The Kier molecular flexibility index (Phi) is 6.97. The Labute approximate surface area is 232 Å². The van der Waals surface area contributed by atoms with E-state index in [0.717, 1.165) is 11.1 Å². The average molecular weight is 524 g/mol. The number of hydrogen-bond donors (Lipinski definition) is 0. The SMILES string of the molecule is CC(C)(C)CC(=O)N1[C@@H](c2ccccc2)[C@@]2(C(=O)OC(C)(C)C)C(C(C)(C)C)=C(C(C)(C)C)[C@@]12C(C)(C)C. The lowest BCUT2D eigenvalue weighted by molar-refractivity contribution is -0.264. The lowest BCUT2D eigenvalue weighted by Gasteiger charge is -2.83. The number of benzene rings is 1. The maximum absolute atomic E-state index is 14.8. The molecule has 0 radical (unpaired) electrons. The topological polar surface area (TPSA) is 46.6 Å². The van der Waals surface area contributed by atoms with Gasteiger partial charge in [-0.15, -0.1) is 0 Å². The van der Waals surface area contributed by atoms with Crippen LogP contribution in [0.1, 0.15) is 122 Å². The Morgan fingerprint density at radius 2 is 1.24 bits per heavy atom. The molecule has 4 heteroatoms. The highest BCUT2D eigenvalue weighted by molar-refractivity contribution is 5.98. The molecule has 212 valence electrons. The number of carbonyl (C=O) groups excluding carboxylic acids is 2. The molecule has 1 saturated heterocycles. The summed E-state index contributed by atoms with van der Waals surface area (Å²) in [5.41, 5.74) is -0.322. The van der Waals surface area contributed by atoms with Crippen LogP contribution in [0.4, 0.5) is 0 Å². The van der Waals surface area contributed by atoms with Gasteiger partial charge in [-0.05, 0) is 59.1 Å². The number of fused-ring (bicyclic) bond motifs is 1. The van der Waals surface area contributed by atoms with Crippen molar-refractivity contribution in [2.24, 2.45) is 27.1 Å². The minimum Gasteiger partial charge on any atom is -0.459 e. The van der Waals surface area contributed by atoms with Gasteiger partial charge in [-0.2, -0.15) is 0 Å². The Morgan fingerprint density at radius 1 is 0.763 bits per heavy atom. The predicted octanol–water partition coefficient (Wildman–Crippen LogP) is 8.52. The van der Waals surface area contributed by atoms with Gasteiger partial charge in [-0.3, -0.25) is 9.59 Å². The van der Waals surface area contributed by atoms with Gasteiger partial charge in [0.25, 0.3) is 0 Å². The summed E-state index contributed by atoms with van der Waals surface area (Å²) >= 11 is 0. The molecule has 0 bridgehead atoms. The summed E-state index contributed by atoms with van der Waals surface area (Å²) in [4.78, 5) is 31.4. The van der Waals surface area contributed by atoms with Crippen molar-refractivity contribution < 1.29 is 14.3 Å². The van der Waals surface area contributed by atoms with Crippen molar-refractivity contribution in [2.75, 3.05) is 0 Å². The number of rotatable bonds is 3. The lowest BCUT2D eigenvalue weighted by atomic mass is 9.29. The van der Waals surface area contributed by atoms with Crippen LogP contribution in [-0.2, 0) is 14.3 Å². The quantitative estimate of drug-likeness (QED) is 0.295. The van der Waals surface area contributed by atoms with E-state index in [0.29, 0.717) is 6.42 Å². The molecular weight excluding hydrogens is 470 g/mol. The van der Waals surface area contributed by atoms with E-state index < -0.39 is 28.0 Å². The van der Waals surface area contributed by atoms with Gasteiger partial charge in [0.05, 0.1) is 11.6 Å². The van der Waals surface area contributed by atoms with Crippen LogP contribution in [0.3, 0.4) is 0 Å². The number of hydrogen-bond acceptors (Lipinski definition) is 3. The summed E-state index contributed by atoms with van der Waals surface area (Å²) in [6.07, 6.45) is 0.404. The van der Waals surface area contributed by atoms with Crippen LogP contribution in [0.25, 0.3) is 0 Å². The summed E-state index contributed by atoms with van der Waals surface area (Å²) < 4.78 is 6.34. The van der Waals surface area contributed by atoms with Crippen molar-refractivity contribution in [1.82, 2.24) is 4.90 Å². The first kappa shape index (κ1) is 30.4. The first-order valence-corrected chi connectivity index (χ1v) is 14.2. The molecule has 1 aliphatic heterocycles. The number of likely N-dealkylation sites (tertiary alicyclic amines) is 1. The minimum atomic E-state index is -0.992. The van der Waals surface area contributed by atoms with Crippen molar-refractivity contribution in [3.8, 4) is 0 Å². The predicted molar refractivity (Wildman–Crippen MR) is 157 cm³/mol.